The van der Waals surface area contributed by atoms with Crippen LogP contribution in [0.1, 0.15) is 46.1 Å². The van der Waals surface area contributed by atoms with Gasteiger partial charge in [-0.15, -0.1) is 0 Å². The van der Waals surface area contributed by atoms with Gasteiger partial charge in [-0.3, -0.25) is 9.59 Å². The molecule has 0 aromatic heterocycles. The molecule has 0 saturated carbocycles. The molecule has 1 aromatic rings. The molecule has 0 spiro atoms. The van der Waals surface area contributed by atoms with E-state index in [4.69, 9.17) is 4.74 Å². The zero-order chi connectivity index (χ0) is 23.0. The lowest BCUT2D eigenvalue weighted by Crippen LogP contribution is -2.56. The van der Waals surface area contributed by atoms with Crippen molar-refractivity contribution in [3.63, 3.8) is 0 Å². The summed E-state index contributed by atoms with van der Waals surface area (Å²) < 4.78 is 5.25. The van der Waals surface area contributed by atoms with Crippen LogP contribution in [-0.4, -0.2) is 53.8 Å². The summed E-state index contributed by atoms with van der Waals surface area (Å²) in [6.45, 7) is 7.86. The maximum Gasteiger partial charge on any atom is 0.408 e. The number of rotatable bonds is 9. The Morgan fingerprint density at radius 3 is 2.35 bits per heavy atom. The third-order valence-electron chi connectivity index (χ3n) is 5.43. The van der Waals surface area contributed by atoms with Gasteiger partial charge in [-0.25, -0.2) is 4.79 Å². The van der Waals surface area contributed by atoms with Crippen LogP contribution in [0.3, 0.4) is 0 Å². The molecular formula is C23H33N3O5. The molecular weight excluding hydrogens is 398 g/mol. The summed E-state index contributed by atoms with van der Waals surface area (Å²) in [5.74, 6) is -0.904. The molecule has 1 aliphatic heterocycles. The van der Waals surface area contributed by atoms with Crippen LogP contribution in [0.4, 0.5) is 4.79 Å². The predicted molar refractivity (Wildman–Crippen MR) is 116 cm³/mol. The molecule has 0 radical (unpaired) electrons. The van der Waals surface area contributed by atoms with Crippen LogP contribution in [0.5, 0.6) is 0 Å². The topological polar surface area (TPSA) is 105 Å². The fourth-order valence-corrected chi connectivity index (χ4v) is 3.51. The van der Waals surface area contributed by atoms with Gasteiger partial charge in [0.2, 0.25) is 11.8 Å². The van der Waals surface area contributed by atoms with Crippen molar-refractivity contribution < 1.29 is 23.9 Å². The van der Waals surface area contributed by atoms with E-state index in [-0.39, 0.29) is 30.3 Å². The lowest BCUT2D eigenvalue weighted by atomic mass is 10.0. The smallest absolute Gasteiger partial charge is 0.408 e. The summed E-state index contributed by atoms with van der Waals surface area (Å²) in [7, 11) is 0. The van der Waals surface area contributed by atoms with Gasteiger partial charge >= 0.3 is 6.09 Å². The second-order valence-corrected chi connectivity index (χ2v) is 8.53. The largest absolute Gasteiger partial charge is 0.445 e. The maximum absolute atomic E-state index is 13.2. The molecule has 2 rings (SSSR count). The van der Waals surface area contributed by atoms with E-state index in [0.717, 1.165) is 5.56 Å². The summed E-state index contributed by atoms with van der Waals surface area (Å²) >= 11 is 0. The van der Waals surface area contributed by atoms with Gasteiger partial charge in [0.25, 0.3) is 0 Å². The van der Waals surface area contributed by atoms with Crippen molar-refractivity contribution in [2.24, 2.45) is 11.8 Å². The van der Waals surface area contributed by atoms with Crippen molar-refractivity contribution in [1.29, 1.82) is 0 Å². The minimum Gasteiger partial charge on any atom is -0.445 e. The Morgan fingerprint density at radius 1 is 1.10 bits per heavy atom. The van der Waals surface area contributed by atoms with Crippen molar-refractivity contribution in [3.8, 4) is 0 Å². The zero-order valence-corrected chi connectivity index (χ0v) is 18.7. The Morgan fingerprint density at radius 2 is 1.77 bits per heavy atom. The highest BCUT2D eigenvalue weighted by Gasteiger charge is 2.39. The van der Waals surface area contributed by atoms with Gasteiger partial charge in [-0.2, -0.15) is 0 Å². The number of benzene rings is 1. The van der Waals surface area contributed by atoms with Gasteiger partial charge < -0.3 is 25.1 Å². The number of nitrogens with one attached hydrogen (secondary N) is 2. The van der Waals surface area contributed by atoms with Crippen molar-refractivity contribution >= 4 is 24.2 Å². The van der Waals surface area contributed by atoms with E-state index >= 15 is 0 Å². The van der Waals surface area contributed by atoms with E-state index in [1.54, 1.807) is 0 Å². The first-order valence-electron chi connectivity index (χ1n) is 10.8. The second-order valence-electron chi connectivity index (χ2n) is 8.53. The van der Waals surface area contributed by atoms with Crippen LogP contribution in [0.15, 0.2) is 30.3 Å². The lowest BCUT2D eigenvalue weighted by Gasteiger charge is -2.31. The summed E-state index contributed by atoms with van der Waals surface area (Å²) in [6, 6.07) is 7.19. The minimum absolute atomic E-state index is 0.0449. The van der Waals surface area contributed by atoms with E-state index in [1.165, 1.54) is 4.90 Å². The Bertz CT molecular complexity index is 766. The number of ether oxygens (including phenoxy) is 1. The van der Waals surface area contributed by atoms with Crippen molar-refractivity contribution in [2.45, 2.75) is 65.3 Å². The molecule has 1 fully saturated rings. The fraction of sp³-hybridized carbons (Fsp3) is 0.565. The highest BCUT2D eigenvalue weighted by Crippen LogP contribution is 2.21. The number of hydrogen-bond donors (Lipinski definition) is 2. The number of carbonyl (C=O) groups is 4. The maximum atomic E-state index is 13.2. The third-order valence-corrected chi connectivity index (χ3v) is 5.43. The number of nitrogens with zero attached hydrogens (tertiary/aromatic N) is 1. The number of amides is 3. The first-order chi connectivity index (χ1) is 14.7. The van der Waals surface area contributed by atoms with Crippen molar-refractivity contribution in [2.75, 3.05) is 6.54 Å². The molecule has 0 aliphatic carbocycles. The Labute approximate surface area is 183 Å². The summed E-state index contributed by atoms with van der Waals surface area (Å²) in [5, 5.41) is 5.38. The number of likely N-dealkylation sites (tertiary alicyclic amines) is 1. The van der Waals surface area contributed by atoms with E-state index in [2.05, 4.69) is 10.6 Å². The zero-order valence-electron chi connectivity index (χ0n) is 18.7. The highest BCUT2D eigenvalue weighted by atomic mass is 16.5. The Kier molecular flexibility index (Phi) is 9.03. The summed E-state index contributed by atoms with van der Waals surface area (Å²) in [5.41, 5.74) is 0.844. The van der Waals surface area contributed by atoms with Crippen LogP contribution >= 0.6 is 0 Å². The number of aldehydes is 1. The predicted octanol–water partition coefficient (Wildman–Crippen LogP) is 2.27. The Hall–Kier alpha value is -2.90. The molecule has 2 N–H and O–H groups in total. The van der Waals surface area contributed by atoms with E-state index in [0.29, 0.717) is 25.7 Å². The van der Waals surface area contributed by atoms with Crippen LogP contribution in [0, 0.1) is 11.8 Å². The second kappa shape index (κ2) is 11.5. The lowest BCUT2D eigenvalue weighted by molar-refractivity contribution is -0.141. The molecule has 1 aromatic carbocycles. The summed E-state index contributed by atoms with van der Waals surface area (Å²) in [6.07, 6.45) is 1.23. The van der Waals surface area contributed by atoms with Crippen molar-refractivity contribution in [1.82, 2.24) is 15.5 Å². The van der Waals surface area contributed by atoms with Crippen molar-refractivity contribution in [3.05, 3.63) is 35.9 Å². The van der Waals surface area contributed by atoms with Gasteiger partial charge in [-0.1, -0.05) is 58.0 Å². The molecule has 1 saturated heterocycles. The summed E-state index contributed by atoms with van der Waals surface area (Å²) in [4.78, 5) is 51.0. The van der Waals surface area contributed by atoms with Crippen LogP contribution in [-0.2, 0) is 25.7 Å². The number of alkyl carbamates (subject to hydrolysis) is 1. The van der Waals surface area contributed by atoms with Crippen LogP contribution in [0.2, 0.25) is 0 Å². The standard InChI is InChI=1S/C23H33N3O5/c1-15(2)18(13-27)24-21(28)19-11-8-12-26(19)22(29)20(16(3)4)25-23(30)31-14-17-9-6-5-7-10-17/h5-7,9-10,13,15-16,18-20H,8,11-12,14H2,1-4H3,(H,24,28)(H,25,30)/t18-,19+,20+/m1/s1. The van der Waals surface area contributed by atoms with E-state index < -0.39 is 24.2 Å². The molecule has 8 heteroatoms. The van der Waals surface area contributed by atoms with Crippen LogP contribution in [0.25, 0.3) is 0 Å². The van der Waals surface area contributed by atoms with Gasteiger partial charge in [0, 0.05) is 6.54 Å². The van der Waals surface area contributed by atoms with E-state index in [1.807, 2.05) is 58.0 Å². The first-order valence-corrected chi connectivity index (χ1v) is 10.8. The molecule has 170 valence electrons. The quantitative estimate of drug-likeness (QED) is 0.584. The van der Waals surface area contributed by atoms with Crippen LogP contribution < -0.4 is 10.6 Å². The molecule has 1 heterocycles. The van der Waals surface area contributed by atoms with Gasteiger partial charge in [0.05, 0.1) is 6.04 Å². The number of carbonyl (C=O) groups excluding carboxylic acids is 4. The normalized spacial score (nSPS) is 17.9. The van der Waals surface area contributed by atoms with Gasteiger partial charge in [-0.05, 0) is 30.2 Å². The molecule has 0 bridgehead atoms. The fourth-order valence-electron chi connectivity index (χ4n) is 3.51. The molecule has 31 heavy (non-hydrogen) atoms. The molecule has 1 aliphatic rings. The first kappa shape index (κ1) is 24.4. The minimum atomic E-state index is -0.816. The monoisotopic (exact) mass is 431 g/mol. The molecule has 0 unspecified atom stereocenters. The molecule has 8 nitrogen and oxygen atoms in total. The third kappa shape index (κ3) is 6.80. The van der Waals surface area contributed by atoms with Gasteiger partial charge in [0.1, 0.15) is 25.0 Å². The molecule has 3 amide bonds. The average molecular weight is 432 g/mol. The van der Waals surface area contributed by atoms with E-state index in [9.17, 15) is 19.2 Å². The molecule has 3 atom stereocenters. The highest BCUT2D eigenvalue weighted by molar-refractivity contribution is 5.92. The average Bonchev–Trinajstić information content (AvgIpc) is 3.24. The SMILES string of the molecule is CC(C)[C@H](NC(=O)OCc1ccccc1)C(=O)N1CCC[C@H]1C(=O)N[C@H](C=O)C(C)C. The number of hydrogen-bond acceptors (Lipinski definition) is 5. The Balaban J connectivity index is 2.01. The van der Waals surface area contributed by atoms with Gasteiger partial charge in [0.15, 0.2) is 0 Å².